The Morgan fingerprint density at radius 1 is 0.702 bits per heavy atom. The molecule has 0 spiro atoms. The summed E-state index contributed by atoms with van der Waals surface area (Å²) in [6, 6.07) is 43.9. The second-order valence-electron chi connectivity index (χ2n) is 12.1. The lowest BCUT2D eigenvalue weighted by molar-refractivity contribution is -0.140. The van der Waals surface area contributed by atoms with Crippen LogP contribution in [0.3, 0.4) is 0 Å². The first-order chi connectivity index (χ1) is 23.0. The molecule has 0 bridgehead atoms. The molecule has 6 rings (SSSR count). The first-order valence-corrected chi connectivity index (χ1v) is 16.2. The first kappa shape index (κ1) is 31.8. The number of carboxylic acids is 1. The van der Waals surface area contributed by atoms with Gasteiger partial charge in [0.2, 0.25) is 0 Å². The minimum atomic E-state index is -0.919. The summed E-state index contributed by atoms with van der Waals surface area (Å²) >= 11 is 0. The molecule has 3 N–H and O–H groups in total. The van der Waals surface area contributed by atoms with Crippen molar-refractivity contribution < 1.29 is 19.4 Å². The van der Waals surface area contributed by atoms with Crippen LogP contribution in [-0.2, 0) is 15.1 Å². The number of carboxylic acid groups (broad SMARTS) is 1. The van der Waals surface area contributed by atoms with Crippen molar-refractivity contribution in [3.8, 4) is 11.1 Å². The number of carbonyl (C=O) groups is 2. The second-order valence-corrected chi connectivity index (χ2v) is 12.1. The monoisotopic (exact) mass is 624 g/mol. The van der Waals surface area contributed by atoms with E-state index in [2.05, 4.69) is 59.2 Å². The van der Waals surface area contributed by atoms with Gasteiger partial charge in [0.1, 0.15) is 12.6 Å². The number of aryl methyl sites for hydroxylation is 1. The fraction of sp³-hybridized carbons (Fsp3) is 0.220. The highest BCUT2D eigenvalue weighted by Crippen LogP contribution is 2.44. The van der Waals surface area contributed by atoms with E-state index >= 15 is 0 Å². The molecule has 238 valence electrons. The fourth-order valence-corrected chi connectivity index (χ4v) is 6.76. The Hall–Kier alpha value is -5.20. The molecule has 1 aliphatic carbocycles. The van der Waals surface area contributed by atoms with Gasteiger partial charge in [-0.1, -0.05) is 139 Å². The van der Waals surface area contributed by atoms with E-state index in [1.165, 1.54) is 22.3 Å². The average Bonchev–Trinajstić information content (AvgIpc) is 3.43. The van der Waals surface area contributed by atoms with Crippen molar-refractivity contribution in [2.45, 2.75) is 43.7 Å². The molecule has 6 heteroatoms. The highest BCUT2D eigenvalue weighted by Gasteiger charge is 2.39. The number of unbranched alkanes of at least 4 members (excludes halogenated alkanes) is 1. The highest BCUT2D eigenvalue weighted by atomic mass is 16.5. The average molecular weight is 625 g/mol. The van der Waals surface area contributed by atoms with Gasteiger partial charge in [0, 0.05) is 12.5 Å². The maximum absolute atomic E-state index is 12.7. The van der Waals surface area contributed by atoms with Gasteiger partial charge < -0.3 is 15.2 Å². The summed E-state index contributed by atoms with van der Waals surface area (Å²) in [5, 5.41) is 16.9. The van der Waals surface area contributed by atoms with Gasteiger partial charge in [0.25, 0.3) is 0 Å². The quantitative estimate of drug-likeness (QED) is 0.0912. The summed E-state index contributed by atoms with van der Waals surface area (Å²) in [6.45, 7) is 2.69. The van der Waals surface area contributed by atoms with Gasteiger partial charge in [-0.2, -0.15) is 0 Å². The van der Waals surface area contributed by atoms with Crippen molar-refractivity contribution in [3.05, 3.63) is 167 Å². The van der Waals surface area contributed by atoms with Gasteiger partial charge in [-0.15, -0.1) is 0 Å². The number of ether oxygens (including phenoxy) is 1. The molecule has 0 heterocycles. The fourth-order valence-electron chi connectivity index (χ4n) is 6.76. The molecule has 0 radical (unpaired) electrons. The highest BCUT2D eigenvalue weighted by molar-refractivity contribution is 5.79. The molecule has 1 aliphatic rings. The Morgan fingerprint density at radius 3 is 1.77 bits per heavy atom. The zero-order valence-electron chi connectivity index (χ0n) is 26.6. The van der Waals surface area contributed by atoms with Crippen LogP contribution in [0.25, 0.3) is 11.1 Å². The lowest BCUT2D eigenvalue weighted by atomic mass is 9.76. The Bertz CT molecular complexity index is 1720. The molecule has 5 aromatic rings. The Labute approximate surface area is 276 Å². The molecule has 1 atom stereocenters. The third kappa shape index (κ3) is 6.83. The summed E-state index contributed by atoms with van der Waals surface area (Å²) in [5.41, 5.74) is 7.82. The Morgan fingerprint density at radius 2 is 1.21 bits per heavy atom. The predicted molar refractivity (Wildman–Crippen MR) is 185 cm³/mol. The molecular weight excluding hydrogens is 584 g/mol. The van der Waals surface area contributed by atoms with Crippen molar-refractivity contribution >= 4 is 12.1 Å². The van der Waals surface area contributed by atoms with E-state index in [1.807, 2.05) is 91.9 Å². The topological polar surface area (TPSA) is 87.7 Å². The van der Waals surface area contributed by atoms with Gasteiger partial charge in [-0.3, -0.25) is 10.1 Å². The van der Waals surface area contributed by atoms with E-state index in [9.17, 15) is 14.7 Å². The molecule has 6 nitrogen and oxygen atoms in total. The van der Waals surface area contributed by atoms with E-state index in [-0.39, 0.29) is 12.5 Å². The second kappa shape index (κ2) is 14.5. The van der Waals surface area contributed by atoms with Crippen LogP contribution in [0, 0.1) is 6.92 Å². The van der Waals surface area contributed by atoms with Gasteiger partial charge in [0.15, 0.2) is 0 Å². The summed E-state index contributed by atoms with van der Waals surface area (Å²) in [5.74, 6) is -0.920. The number of aliphatic carboxylic acids is 1. The zero-order chi connectivity index (χ0) is 32.6. The number of rotatable bonds is 13. The normalized spacial score (nSPS) is 13.0. The lowest BCUT2D eigenvalue weighted by Gasteiger charge is -2.39. The minimum Gasteiger partial charge on any atom is -0.480 e. The Balaban J connectivity index is 1.10. The lowest BCUT2D eigenvalue weighted by Crippen LogP contribution is -2.52. The van der Waals surface area contributed by atoms with Crippen LogP contribution < -0.4 is 10.6 Å². The van der Waals surface area contributed by atoms with Gasteiger partial charge >= 0.3 is 12.1 Å². The molecule has 0 aliphatic heterocycles. The number of alkyl carbamates (subject to hydrolysis) is 1. The van der Waals surface area contributed by atoms with Crippen molar-refractivity contribution in [1.29, 1.82) is 0 Å². The first-order valence-electron chi connectivity index (χ1n) is 16.2. The van der Waals surface area contributed by atoms with Gasteiger partial charge in [-0.05, 0) is 65.1 Å². The van der Waals surface area contributed by atoms with Gasteiger partial charge in [-0.25, -0.2) is 4.79 Å². The largest absolute Gasteiger partial charge is 0.480 e. The number of hydrogen-bond donors (Lipinski definition) is 3. The number of amides is 1. The van der Waals surface area contributed by atoms with Crippen molar-refractivity contribution in [1.82, 2.24) is 10.6 Å². The smallest absolute Gasteiger partial charge is 0.407 e. The molecule has 5 aromatic carbocycles. The van der Waals surface area contributed by atoms with Gasteiger partial charge in [0.05, 0.1) is 5.54 Å². The molecule has 0 saturated heterocycles. The summed E-state index contributed by atoms with van der Waals surface area (Å²) < 4.78 is 5.67. The molecular formula is C41H40N2O4. The third-order valence-corrected chi connectivity index (χ3v) is 9.12. The number of benzene rings is 5. The molecule has 0 aromatic heterocycles. The van der Waals surface area contributed by atoms with Crippen LogP contribution in [0.1, 0.15) is 58.6 Å². The predicted octanol–water partition coefficient (Wildman–Crippen LogP) is 8.04. The van der Waals surface area contributed by atoms with Crippen LogP contribution in [-0.4, -0.2) is 36.4 Å². The van der Waals surface area contributed by atoms with Crippen molar-refractivity contribution in [3.63, 3.8) is 0 Å². The van der Waals surface area contributed by atoms with Crippen molar-refractivity contribution in [2.75, 3.05) is 13.2 Å². The molecule has 0 fully saturated rings. The van der Waals surface area contributed by atoms with E-state index in [0.29, 0.717) is 25.8 Å². The van der Waals surface area contributed by atoms with E-state index in [4.69, 9.17) is 4.74 Å². The third-order valence-electron chi connectivity index (χ3n) is 9.12. The SMILES string of the molecule is Cc1ccc(C(N[C@@H](CCCCNC(=O)OCC2c3ccccc3-c3ccccc32)C(=O)O)(c2ccccc2)c2ccccc2)cc1. The van der Waals surface area contributed by atoms with Crippen LogP contribution in [0.15, 0.2) is 133 Å². The standard InChI is InChI=1S/C41H40N2O4/c1-29-23-25-32(26-24-29)41(30-14-4-2-5-15-30,31-16-6-3-7-17-31)43-38(39(44)45)22-12-13-27-42-40(46)47-28-37-35-20-10-8-18-33(35)34-19-9-11-21-36(34)37/h2-11,14-21,23-26,37-38,43H,12-13,22,27-28H2,1H3,(H,42,46)(H,44,45)/t38-/m0/s1. The Kier molecular flexibility index (Phi) is 9.79. The maximum Gasteiger partial charge on any atom is 0.407 e. The summed E-state index contributed by atoms with van der Waals surface area (Å²) in [7, 11) is 0. The van der Waals surface area contributed by atoms with Crippen LogP contribution in [0.5, 0.6) is 0 Å². The number of nitrogens with one attached hydrogen (secondary N) is 2. The molecule has 1 amide bonds. The maximum atomic E-state index is 12.7. The minimum absolute atomic E-state index is 0.00132. The number of fused-ring (bicyclic) bond motifs is 3. The molecule has 0 saturated carbocycles. The summed E-state index contributed by atoms with van der Waals surface area (Å²) in [4.78, 5) is 25.4. The van der Waals surface area contributed by atoms with E-state index < -0.39 is 23.6 Å². The van der Waals surface area contributed by atoms with Crippen molar-refractivity contribution in [2.24, 2.45) is 0 Å². The number of carbonyl (C=O) groups excluding carboxylic acids is 1. The number of hydrogen-bond acceptors (Lipinski definition) is 4. The van der Waals surface area contributed by atoms with E-state index in [0.717, 1.165) is 22.3 Å². The molecule has 47 heavy (non-hydrogen) atoms. The van der Waals surface area contributed by atoms with Crippen LogP contribution in [0.2, 0.25) is 0 Å². The van der Waals surface area contributed by atoms with Crippen LogP contribution >= 0.6 is 0 Å². The van der Waals surface area contributed by atoms with E-state index in [1.54, 1.807) is 0 Å². The summed E-state index contributed by atoms with van der Waals surface area (Å²) in [6.07, 6.45) is 1.13. The zero-order valence-corrected chi connectivity index (χ0v) is 26.6. The van der Waals surface area contributed by atoms with Crippen LogP contribution in [0.4, 0.5) is 4.79 Å². The molecule has 0 unspecified atom stereocenters.